The van der Waals surface area contributed by atoms with E-state index in [1.807, 2.05) is 38.1 Å². The van der Waals surface area contributed by atoms with E-state index < -0.39 is 0 Å². The third-order valence-electron chi connectivity index (χ3n) is 3.43. The molecule has 122 valence electrons. The van der Waals surface area contributed by atoms with Crippen LogP contribution in [0.4, 0.5) is 5.00 Å². The minimum atomic E-state index is -0.286. The van der Waals surface area contributed by atoms with E-state index in [1.165, 1.54) is 28.5 Å². The van der Waals surface area contributed by atoms with Crippen LogP contribution in [0.3, 0.4) is 0 Å². The van der Waals surface area contributed by atoms with E-state index in [0.717, 1.165) is 16.8 Å². The molecule has 0 atom stereocenters. The molecule has 0 aliphatic heterocycles. The summed E-state index contributed by atoms with van der Waals surface area (Å²) in [5.74, 6) is -0.286. The second kappa shape index (κ2) is 6.76. The molecule has 1 aromatic carbocycles. The Bertz CT molecular complexity index is 928. The molecule has 2 aromatic heterocycles. The standard InChI is InChI=1S/C17H16N4O2S/c1-11-3-5-13(6-4-11)14-8-17(23)21(10-18-14)9-15(22)19-16-7-12(2)20-24-16/h3-8,10H,9H2,1-2H3,(H,19,22). The molecule has 0 saturated heterocycles. The molecule has 0 spiro atoms. The molecule has 0 bridgehead atoms. The van der Waals surface area contributed by atoms with Crippen molar-refractivity contribution in [1.82, 2.24) is 13.9 Å². The molecule has 1 N–H and O–H groups in total. The Morgan fingerprint density at radius 3 is 2.58 bits per heavy atom. The smallest absolute Gasteiger partial charge is 0.254 e. The van der Waals surface area contributed by atoms with Gasteiger partial charge in [-0.2, -0.15) is 4.37 Å². The highest BCUT2D eigenvalue weighted by atomic mass is 32.1. The van der Waals surface area contributed by atoms with Crippen LogP contribution in [0, 0.1) is 13.8 Å². The molecule has 0 aliphatic rings. The predicted octanol–water partition coefficient (Wildman–Crippen LogP) is 2.62. The first-order valence-electron chi connectivity index (χ1n) is 7.38. The average Bonchev–Trinajstić information content (AvgIpc) is 2.95. The minimum Gasteiger partial charge on any atom is -0.315 e. The first-order chi connectivity index (χ1) is 11.5. The van der Waals surface area contributed by atoms with Gasteiger partial charge in [-0.05, 0) is 31.4 Å². The van der Waals surface area contributed by atoms with E-state index in [4.69, 9.17) is 0 Å². The number of hydrogen-bond donors (Lipinski definition) is 1. The Morgan fingerprint density at radius 1 is 1.21 bits per heavy atom. The molecule has 6 nitrogen and oxygen atoms in total. The summed E-state index contributed by atoms with van der Waals surface area (Å²) in [7, 11) is 0. The molecular formula is C17H16N4O2S. The Morgan fingerprint density at radius 2 is 1.96 bits per heavy atom. The number of amides is 1. The summed E-state index contributed by atoms with van der Waals surface area (Å²) in [5.41, 5.74) is 3.18. The summed E-state index contributed by atoms with van der Waals surface area (Å²) in [6, 6.07) is 11.0. The summed E-state index contributed by atoms with van der Waals surface area (Å²) < 4.78 is 5.37. The van der Waals surface area contributed by atoms with Crippen molar-refractivity contribution in [1.29, 1.82) is 0 Å². The Balaban J connectivity index is 1.74. The van der Waals surface area contributed by atoms with Crippen molar-refractivity contribution in [2.24, 2.45) is 0 Å². The Hall–Kier alpha value is -2.80. The number of carbonyl (C=O) groups excluding carboxylic acids is 1. The average molecular weight is 340 g/mol. The number of benzene rings is 1. The molecule has 3 rings (SSSR count). The third-order valence-corrected chi connectivity index (χ3v) is 4.23. The molecule has 3 aromatic rings. The second-order valence-corrected chi connectivity index (χ2v) is 6.29. The molecule has 2 heterocycles. The van der Waals surface area contributed by atoms with E-state index in [-0.39, 0.29) is 18.0 Å². The minimum absolute atomic E-state index is 0.0864. The molecule has 0 saturated carbocycles. The van der Waals surface area contributed by atoms with Gasteiger partial charge in [0.15, 0.2) is 0 Å². The quantitative estimate of drug-likeness (QED) is 0.792. The van der Waals surface area contributed by atoms with Gasteiger partial charge in [0.25, 0.3) is 5.56 Å². The number of carbonyl (C=O) groups is 1. The van der Waals surface area contributed by atoms with Gasteiger partial charge in [-0.25, -0.2) is 4.98 Å². The van der Waals surface area contributed by atoms with Gasteiger partial charge in [0.2, 0.25) is 5.91 Å². The topological polar surface area (TPSA) is 76.9 Å². The van der Waals surface area contributed by atoms with Crippen LogP contribution in [-0.4, -0.2) is 19.8 Å². The highest BCUT2D eigenvalue weighted by molar-refractivity contribution is 7.10. The maximum absolute atomic E-state index is 12.2. The molecule has 0 radical (unpaired) electrons. The van der Waals surface area contributed by atoms with E-state index in [2.05, 4.69) is 14.7 Å². The van der Waals surface area contributed by atoms with Crippen molar-refractivity contribution in [2.75, 3.05) is 5.32 Å². The van der Waals surface area contributed by atoms with Gasteiger partial charge in [0.1, 0.15) is 11.5 Å². The van der Waals surface area contributed by atoms with Crippen molar-refractivity contribution in [3.8, 4) is 11.3 Å². The van der Waals surface area contributed by atoms with Crippen LogP contribution in [-0.2, 0) is 11.3 Å². The van der Waals surface area contributed by atoms with Gasteiger partial charge in [0, 0.05) is 11.6 Å². The van der Waals surface area contributed by atoms with Crippen molar-refractivity contribution in [3.63, 3.8) is 0 Å². The number of anilines is 1. The van der Waals surface area contributed by atoms with Crippen LogP contribution in [0.25, 0.3) is 11.3 Å². The summed E-state index contributed by atoms with van der Waals surface area (Å²) in [6.45, 7) is 3.76. The molecule has 1 amide bonds. The maximum atomic E-state index is 12.2. The monoisotopic (exact) mass is 340 g/mol. The summed E-state index contributed by atoms with van der Waals surface area (Å²) >= 11 is 1.21. The molecule has 24 heavy (non-hydrogen) atoms. The molecule has 7 heteroatoms. The lowest BCUT2D eigenvalue weighted by Crippen LogP contribution is -2.27. The summed E-state index contributed by atoms with van der Waals surface area (Å²) in [4.78, 5) is 28.5. The first kappa shape index (κ1) is 16.1. The number of nitrogens with one attached hydrogen (secondary N) is 1. The first-order valence-corrected chi connectivity index (χ1v) is 8.15. The van der Waals surface area contributed by atoms with Crippen molar-refractivity contribution in [2.45, 2.75) is 20.4 Å². The van der Waals surface area contributed by atoms with Crippen LogP contribution in [0.2, 0.25) is 0 Å². The van der Waals surface area contributed by atoms with Gasteiger partial charge in [-0.15, -0.1) is 0 Å². The number of rotatable bonds is 4. The number of nitrogens with zero attached hydrogens (tertiary/aromatic N) is 3. The predicted molar refractivity (Wildman–Crippen MR) is 94.2 cm³/mol. The summed E-state index contributed by atoms with van der Waals surface area (Å²) in [5, 5.41) is 3.38. The number of hydrogen-bond acceptors (Lipinski definition) is 5. The lowest BCUT2D eigenvalue weighted by molar-refractivity contribution is -0.116. The lowest BCUT2D eigenvalue weighted by atomic mass is 10.1. The molecular weight excluding hydrogens is 324 g/mol. The van der Waals surface area contributed by atoms with Crippen molar-refractivity contribution in [3.05, 3.63) is 64.3 Å². The van der Waals surface area contributed by atoms with Crippen LogP contribution in [0.15, 0.2) is 47.5 Å². The highest BCUT2D eigenvalue weighted by Crippen LogP contribution is 2.16. The van der Waals surface area contributed by atoms with Gasteiger partial charge >= 0.3 is 0 Å². The van der Waals surface area contributed by atoms with E-state index in [1.54, 1.807) is 6.07 Å². The fraction of sp³-hybridized carbons (Fsp3) is 0.176. The van der Waals surface area contributed by atoms with E-state index in [0.29, 0.717) is 10.7 Å². The highest BCUT2D eigenvalue weighted by Gasteiger charge is 2.09. The van der Waals surface area contributed by atoms with Gasteiger partial charge in [-0.1, -0.05) is 29.8 Å². The zero-order valence-corrected chi connectivity index (χ0v) is 14.1. The third kappa shape index (κ3) is 3.75. The van der Waals surface area contributed by atoms with Crippen molar-refractivity contribution >= 4 is 22.4 Å². The zero-order valence-electron chi connectivity index (χ0n) is 13.3. The largest absolute Gasteiger partial charge is 0.315 e. The van der Waals surface area contributed by atoms with E-state index in [9.17, 15) is 9.59 Å². The van der Waals surface area contributed by atoms with Crippen molar-refractivity contribution < 1.29 is 4.79 Å². The molecule has 0 unspecified atom stereocenters. The van der Waals surface area contributed by atoms with Crippen LogP contribution >= 0.6 is 11.5 Å². The fourth-order valence-corrected chi connectivity index (χ4v) is 2.86. The van der Waals surface area contributed by atoms with E-state index >= 15 is 0 Å². The van der Waals surface area contributed by atoms with Gasteiger partial charge in [0.05, 0.1) is 17.7 Å². The zero-order chi connectivity index (χ0) is 17.1. The van der Waals surface area contributed by atoms with Crippen LogP contribution < -0.4 is 10.9 Å². The summed E-state index contributed by atoms with van der Waals surface area (Å²) in [6.07, 6.45) is 1.40. The van der Waals surface area contributed by atoms with Gasteiger partial charge < -0.3 is 5.32 Å². The molecule has 0 fully saturated rings. The normalized spacial score (nSPS) is 10.6. The SMILES string of the molecule is Cc1ccc(-c2cc(=O)n(CC(=O)Nc3cc(C)ns3)cn2)cc1. The lowest BCUT2D eigenvalue weighted by Gasteiger charge is -2.07. The number of aromatic nitrogens is 3. The van der Waals surface area contributed by atoms with Gasteiger partial charge in [-0.3, -0.25) is 14.2 Å². The maximum Gasteiger partial charge on any atom is 0.254 e. The van der Waals surface area contributed by atoms with Crippen LogP contribution in [0.1, 0.15) is 11.3 Å². The number of aryl methyl sites for hydroxylation is 2. The van der Waals surface area contributed by atoms with Crippen LogP contribution in [0.5, 0.6) is 0 Å². The second-order valence-electron chi connectivity index (χ2n) is 5.49. The fourth-order valence-electron chi connectivity index (χ4n) is 2.18. The Labute approximate surface area is 143 Å². The Kier molecular flexibility index (Phi) is 4.52. The molecule has 0 aliphatic carbocycles.